The molecule has 1 aromatic rings. The number of nitrogens with zero attached hydrogens (tertiary/aromatic N) is 2. The summed E-state index contributed by atoms with van der Waals surface area (Å²) in [7, 11) is 2.22. The lowest BCUT2D eigenvalue weighted by Gasteiger charge is -2.32. The Hall–Kier alpha value is -0.540. The summed E-state index contributed by atoms with van der Waals surface area (Å²) in [6.07, 6.45) is 6.01. The highest BCUT2D eigenvalue weighted by Gasteiger charge is 2.21. The second-order valence-corrected chi connectivity index (χ2v) is 7.98. The number of piperidine rings is 1. The van der Waals surface area contributed by atoms with Crippen molar-refractivity contribution < 1.29 is 0 Å². The van der Waals surface area contributed by atoms with Gasteiger partial charge in [-0.15, -0.1) is 11.8 Å². The van der Waals surface area contributed by atoms with E-state index in [0.717, 1.165) is 5.03 Å². The van der Waals surface area contributed by atoms with Crippen LogP contribution in [0, 0.1) is 0 Å². The monoisotopic (exact) mass is 264 g/mol. The van der Waals surface area contributed by atoms with E-state index in [-0.39, 0.29) is 4.75 Å². The topological polar surface area (TPSA) is 16.1 Å². The smallest absolute Gasteiger partial charge is 0.0965 e. The molecule has 18 heavy (non-hydrogen) atoms. The Morgan fingerprint density at radius 1 is 1.28 bits per heavy atom. The second kappa shape index (κ2) is 5.62. The first-order valence-electron chi connectivity index (χ1n) is 6.81. The summed E-state index contributed by atoms with van der Waals surface area (Å²) in [6.45, 7) is 7.88. The molecule has 0 aliphatic carbocycles. The van der Waals surface area contributed by atoms with E-state index in [2.05, 4.69) is 56.0 Å². The highest BCUT2D eigenvalue weighted by atomic mass is 32.2. The van der Waals surface area contributed by atoms with E-state index < -0.39 is 0 Å². The van der Waals surface area contributed by atoms with E-state index in [0.29, 0.717) is 6.04 Å². The minimum atomic E-state index is 0.232. The number of pyridine rings is 1. The highest BCUT2D eigenvalue weighted by molar-refractivity contribution is 8.00. The Kier molecular flexibility index (Phi) is 4.33. The maximum atomic E-state index is 4.61. The van der Waals surface area contributed by atoms with Crippen molar-refractivity contribution in [3.8, 4) is 0 Å². The van der Waals surface area contributed by atoms with Gasteiger partial charge >= 0.3 is 0 Å². The van der Waals surface area contributed by atoms with Crippen LogP contribution in [0.4, 0.5) is 0 Å². The van der Waals surface area contributed by atoms with Crippen molar-refractivity contribution in [1.29, 1.82) is 0 Å². The van der Waals surface area contributed by atoms with Crippen LogP contribution in [0.2, 0.25) is 0 Å². The van der Waals surface area contributed by atoms with Crippen LogP contribution >= 0.6 is 11.8 Å². The van der Waals surface area contributed by atoms with Gasteiger partial charge in [0.25, 0.3) is 0 Å². The summed E-state index contributed by atoms with van der Waals surface area (Å²) < 4.78 is 0.232. The molecular weight excluding hydrogens is 240 g/mol. The fraction of sp³-hybridized carbons (Fsp3) is 0.667. The molecule has 0 spiro atoms. The molecule has 100 valence electrons. The van der Waals surface area contributed by atoms with Crippen molar-refractivity contribution in [3.63, 3.8) is 0 Å². The van der Waals surface area contributed by atoms with Gasteiger partial charge in [-0.25, -0.2) is 4.98 Å². The van der Waals surface area contributed by atoms with Crippen LogP contribution in [0.3, 0.4) is 0 Å². The van der Waals surface area contributed by atoms with E-state index in [4.69, 9.17) is 0 Å². The lowest BCUT2D eigenvalue weighted by molar-refractivity contribution is 0.187. The van der Waals surface area contributed by atoms with Crippen LogP contribution < -0.4 is 0 Å². The molecule has 1 aliphatic rings. The Labute approximate surface area is 115 Å². The van der Waals surface area contributed by atoms with E-state index in [1.807, 2.05) is 11.8 Å². The van der Waals surface area contributed by atoms with Gasteiger partial charge in [0.1, 0.15) is 0 Å². The number of aromatic nitrogens is 1. The molecule has 1 atom stereocenters. The largest absolute Gasteiger partial charge is 0.299 e. The third-order valence-electron chi connectivity index (χ3n) is 3.33. The van der Waals surface area contributed by atoms with E-state index >= 15 is 0 Å². The molecule has 0 bridgehead atoms. The van der Waals surface area contributed by atoms with E-state index in [1.165, 1.54) is 31.4 Å². The quantitative estimate of drug-likeness (QED) is 0.747. The maximum Gasteiger partial charge on any atom is 0.0965 e. The van der Waals surface area contributed by atoms with Crippen molar-refractivity contribution in [2.24, 2.45) is 0 Å². The molecule has 0 amide bonds. The van der Waals surface area contributed by atoms with Gasteiger partial charge in [0.15, 0.2) is 0 Å². The fourth-order valence-corrected chi connectivity index (χ4v) is 3.33. The Morgan fingerprint density at radius 2 is 2.06 bits per heavy atom. The maximum absolute atomic E-state index is 4.61. The molecule has 1 saturated heterocycles. The Balaban J connectivity index is 2.07. The van der Waals surface area contributed by atoms with Gasteiger partial charge in [0.05, 0.1) is 5.03 Å². The van der Waals surface area contributed by atoms with Crippen LogP contribution in [0.15, 0.2) is 23.4 Å². The average molecular weight is 264 g/mol. The molecule has 0 aromatic carbocycles. The summed E-state index contributed by atoms with van der Waals surface area (Å²) in [6, 6.07) is 5.00. The van der Waals surface area contributed by atoms with Gasteiger partial charge in [0.2, 0.25) is 0 Å². The molecule has 0 radical (unpaired) electrons. The van der Waals surface area contributed by atoms with Crippen LogP contribution in [-0.2, 0) is 0 Å². The summed E-state index contributed by atoms with van der Waals surface area (Å²) >= 11 is 1.83. The Bertz CT molecular complexity index is 380. The zero-order valence-electron chi connectivity index (χ0n) is 11.9. The number of rotatable bonds is 2. The Morgan fingerprint density at radius 3 is 2.61 bits per heavy atom. The third-order valence-corrected chi connectivity index (χ3v) is 4.39. The number of thioether (sulfide) groups is 1. The van der Waals surface area contributed by atoms with Crippen molar-refractivity contribution in [2.45, 2.75) is 55.8 Å². The molecular formula is C15H24N2S. The molecule has 2 nitrogen and oxygen atoms in total. The number of likely N-dealkylation sites (tertiary alicyclic amines) is 1. The minimum absolute atomic E-state index is 0.232. The van der Waals surface area contributed by atoms with E-state index in [9.17, 15) is 0 Å². The van der Waals surface area contributed by atoms with Crippen LogP contribution in [-0.4, -0.2) is 28.2 Å². The van der Waals surface area contributed by atoms with Gasteiger partial charge in [-0.2, -0.15) is 0 Å². The zero-order valence-corrected chi connectivity index (χ0v) is 12.8. The van der Waals surface area contributed by atoms with Gasteiger partial charge < -0.3 is 0 Å². The van der Waals surface area contributed by atoms with Gasteiger partial charge in [-0.1, -0.05) is 33.3 Å². The SMILES string of the molecule is CN1CCCCC1c1ccc(SC(C)(C)C)nc1. The van der Waals surface area contributed by atoms with Gasteiger partial charge in [-0.05, 0) is 38.1 Å². The van der Waals surface area contributed by atoms with Crippen molar-refractivity contribution in [2.75, 3.05) is 13.6 Å². The minimum Gasteiger partial charge on any atom is -0.299 e. The van der Waals surface area contributed by atoms with Crippen molar-refractivity contribution in [3.05, 3.63) is 23.9 Å². The lowest BCUT2D eigenvalue weighted by atomic mass is 9.97. The summed E-state index contributed by atoms with van der Waals surface area (Å²) in [4.78, 5) is 7.07. The molecule has 0 saturated carbocycles. The zero-order chi connectivity index (χ0) is 13.2. The molecule has 1 fully saturated rings. The summed E-state index contributed by atoms with van der Waals surface area (Å²) in [5.41, 5.74) is 1.37. The van der Waals surface area contributed by atoms with Crippen molar-refractivity contribution >= 4 is 11.8 Å². The standard InChI is InChI=1S/C15H24N2S/c1-15(2,3)18-14-9-8-12(11-16-14)13-7-5-6-10-17(13)4/h8-9,11,13H,5-7,10H2,1-4H3. The molecule has 1 aromatic heterocycles. The normalized spacial score (nSPS) is 22.1. The van der Waals surface area contributed by atoms with Crippen LogP contribution in [0.25, 0.3) is 0 Å². The van der Waals surface area contributed by atoms with Gasteiger partial charge in [-0.3, -0.25) is 4.90 Å². The first-order valence-corrected chi connectivity index (χ1v) is 7.62. The second-order valence-electron chi connectivity index (χ2n) is 6.14. The summed E-state index contributed by atoms with van der Waals surface area (Å²) in [5.74, 6) is 0. The molecule has 0 N–H and O–H groups in total. The predicted molar refractivity (Wildman–Crippen MR) is 79.1 cm³/mol. The van der Waals surface area contributed by atoms with E-state index in [1.54, 1.807) is 0 Å². The first kappa shape index (κ1) is 13.9. The highest BCUT2D eigenvalue weighted by Crippen LogP contribution is 2.33. The summed E-state index contributed by atoms with van der Waals surface area (Å²) in [5, 5.41) is 1.13. The van der Waals surface area contributed by atoms with Crippen LogP contribution in [0.5, 0.6) is 0 Å². The number of hydrogen-bond donors (Lipinski definition) is 0. The first-order chi connectivity index (χ1) is 8.46. The lowest BCUT2D eigenvalue weighted by Crippen LogP contribution is -2.29. The third kappa shape index (κ3) is 3.72. The predicted octanol–water partition coefficient (Wildman–Crippen LogP) is 4.13. The molecule has 1 unspecified atom stereocenters. The fourth-order valence-electron chi connectivity index (χ4n) is 2.46. The van der Waals surface area contributed by atoms with Gasteiger partial charge in [0, 0.05) is 17.0 Å². The number of hydrogen-bond acceptors (Lipinski definition) is 3. The average Bonchev–Trinajstić information content (AvgIpc) is 2.29. The molecule has 2 rings (SSSR count). The van der Waals surface area contributed by atoms with Crippen LogP contribution in [0.1, 0.15) is 51.6 Å². The molecule has 1 aliphatic heterocycles. The molecule has 2 heterocycles. The molecule has 3 heteroatoms. The van der Waals surface area contributed by atoms with Crippen molar-refractivity contribution in [1.82, 2.24) is 9.88 Å².